The van der Waals surface area contributed by atoms with Gasteiger partial charge in [-0.1, -0.05) is 35.9 Å². The molecular weight excluding hydrogens is 392 g/mol. The number of rotatable bonds is 8. The Morgan fingerprint density at radius 1 is 1.03 bits per heavy atom. The summed E-state index contributed by atoms with van der Waals surface area (Å²) >= 11 is 0. The molecule has 168 valence electrons. The van der Waals surface area contributed by atoms with Gasteiger partial charge >= 0.3 is 0 Å². The lowest BCUT2D eigenvalue weighted by atomic mass is 10.0. The Hall–Kier alpha value is -2.77. The van der Waals surface area contributed by atoms with Crippen molar-refractivity contribution in [3.05, 3.63) is 59.2 Å². The maximum atomic E-state index is 5.57. The first-order valence-corrected chi connectivity index (χ1v) is 10.7. The fourth-order valence-corrected chi connectivity index (χ4v) is 3.71. The van der Waals surface area contributed by atoms with E-state index in [1.54, 1.807) is 21.3 Å². The molecule has 1 atom stereocenters. The molecule has 0 spiro atoms. The molecule has 1 aliphatic rings. The molecule has 1 saturated heterocycles. The molecule has 3 rings (SSSR count). The third-order valence-corrected chi connectivity index (χ3v) is 5.55. The first-order chi connectivity index (χ1) is 15.1. The smallest absolute Gasteiger partial charge is 0.191 e. The number of methoxy groups -OCH3 is 2. The van der Waals surface area contributed by atoms with E-state index in [-0.39, 0.29) is 6.04 Å². The minimum atomic E-state index is 0.154. The lowest BCUT2D eigenvalue weighted by Gasteiger charge is -2.35. The van der Waals surface area contributed by atoms with Crippen LogP contribution in [0.5, 0.6) is 11.5 Å². The third-order valence-electron chi connectivity index (χ3n) is 5.55. The van der Waals surface area contributed by atoms with Gasteiger partial charge in [-0.05, 0) is 30.2 Å². The average Bonchev–Trinajstić information content (AvgIpc) is 2.82. The van der Waals surface area contributed by atoms with Crippen molar-refractivity contribution in [3.8, 4) is 11.5 Å². The summed E-state index contributed by atoms with van der Waals surface area (Å²) in [5.74, 6) is 2.25. The summed E-state index contributed by atoms with van der Waals surface area (Å²) in [6.07, 6.45) is 0. The number of hydrogen-bond donors (Lipinski definition) is 2. The molecule has 7 heteroatoms. The Morgan fingerprint density at radius 3 is 2.39 bits per heavy atom. The molecule has 31 heavy (non-hydrogen) atoms. The largest absolute Gasteiger partial charge is 0.493 e. The molecule has 1 fully saturated rings. The standard InChI is InChI=1S/C24H34N4O3/c1-18-5-7-19(8-6-18)16-26-24(25-2)27-17-21(28-11-13-31-14-12-28)20-9-10-22(29-3)23(15-20)30-4/h5-10,15,21H,11-14,16-17H2,1-4H3,(H2,25,26,27). The van der Waals surface area contributed by atoms with Crippen molar-refractivity contribution in [1.29, 1.82) is 0 Å². The highest BCUT2D eigenvalue weighted by atomic mass is 16.5. The quantitative estimate of drug-likeness (QED) is 0.500. The predicted octanol–water partition coefficient (Wildman–Crippen LogP) is 2.75. The van der Waals surface area contributed by atoms with Gasteiger partial charge in [-0.25, -0.2) is 0 Å². The summed E-state index contributed by atoms with van der Waals surface area (Å²) in [6.45, 7) is 6.78. The summed E-state index contributed by atoms with van der Waals surface area (Å²) in [4.78, 5) is 6.83. The van der Waals surface area contributed by atoms with Gasteiger partial charge in [0.05, 0.1) is 33.5 Å². The van der Waals surface area contributed by atoms with E-state index in [0.717, 1.165) is 50.3 Å². The molecule has 7 nitrogen and oxygen atoms in total. The Morgan fingerprint density at radius 2 is 1.74 bits per heavy atom. The number of nitrogens with zero attached hydrogens (tertiary/aromatic N) is 2. The molecule has 2 aromatic rings. The molecule has 0 aliphatic carbocycles. The topological polar surface area (TPSA) is 67.4 Å². The predicted molar refractivity (Wildman–Crippen MR) is 124 cm³/mol. The van der Waals surface area contributed by atoms with Crippen LogP contribution in [0.3, 0.4) is 0 Å². The number of guanidine groups is 1. The third kappa shape index (κ3) is 6.35. The van der Waals surface area contributed by atoms with Gasteiger partial charge in [-0.15, -0.1) is 0 Å². The maximum Gasteiger partial charge on any atom is 0.191 e. The number of aryl methyl sites for hydroxylation is 1. The van der Waals surface area contributed by atoms with Gasteiger partial charge in [0.25, 0.3) is 0 Å². The summed E-state index contributed by atoms with van der Waals surface area (Å²) in [7, 11) is 5.12. The normalized spacial score (nSPS) is 15.9. The summed E-state index contributed by atoms with van der Waals surface area (Å²) < 4.78 is 16.5. The van der Waals surface area contributed by atoms with E-state index in [0.29, 0.717) is 6.54 Å². The van der Waals surface area contributed by atoms with Crippen molar-refractivity contribution in [3.63, 3.8) is 0 Å². The maximum absolute atomic E-state index is 5.57. The summed E-state index contributed by atoms with van der Waals surface area (Å²) in [5.41, 5.74) is 3.65. The van der Waals surface area contributed by atoms with E-state index in [4.69, 9.17) is 14.2 Å². The zero-order valence-electron chi connectivity index (χ0n) is 19.0. The number of morpholine rings is 1. The second-order valence-electron chi connectivity index (χ2n) is 7.57. The van der Waals surface area contributed by atoms with Crippen molar-refractivity contribution in [2.24, 2.45) is 4.99 Å². The Labute approximate surface area is 185 Å². The molecule has 1 unspecified atom stereocenters. The first-order valence-electron chi connectivity index (χ1n) is 10.7. The van der Waals surface area contributed by atoms with Crippen molar-refractivity contribution < 1.29 is 14.2 Å². The fourth-order valence-electron chi connectivity index (χ4n) is 3.71. The Balaban J connectivity index is 1.69. The van der Waals surface area contributed by atoms with E-state index < -0.39 is 0 Å². The van der Waals surface area contributed by atoms with Gasteiger partial charge in [-0.3, -0.25) is 9.89 Å². The summed E-state index contributed by atoms with van der Waals surface area (Å²) in [5, 5.41) is 6.90. The molecule has 0 aromatic heterocycles. The van der Waals surface area contributed by atoms with Gasteiger partial charge in [-0.2, -0.15) is 0 Å². The molecule has 0 radical (unpaired) electrons. The van der Waals surface area contributed by atoms with Crippen molar-refractivity contribution in [2.45, 2.75) is 19.5 Å². The minimum absolute atomic E-state index is 0.154. The van der Waals surface area contributed by atoms with E-state index >= 15 is 0 Å². The lowest BCUT2D eigenvalue weighted by molar-refractivity contribution is 0.0169. The number of aliphatic imine (C=N–C) groups is 1. The number of nitrogens with one attached hydrogen (secondary N) is 2. The van der Waals surface area contributed by atoms with Gasteiger partial charge in [0, 0.05) is 33.2 Å². The highest BCUT2D eigenvalue weighted by molar-refractivity contribution is 5.79. The van der Waals surface area contributed by atoms with Crippen LogP contribution in [-0.4, -0.2) is 65.0 Å². The van der Waals surface area contributed by atoms with Crippen LogP contribution in [-0.2, 0) is 11.3 Å². The molecule has 0 saturated carbocycles. The second kappa shape index (κ2) is 11.6. The SMILES string of the molecule is CN=C(NCc1ccc(C)cc1)NCC(c1ccc(OC)c(OC)c1)N1CCOCC1. The van der Waals surface area contributed by atoms with Crippen molar-refractivity contribution in [2.75, 3.05) is 54.1 Å². The van der Waals surface area contributed by atoms with Crippen LogP contribution in [0.2, 0.25) is 0 Å². The molecule has 0 bridgehead atoms. The van der Waals surface area contributed by atoms with E-state index in [1.807, 2.05) is 6.07 Å². The molecule has 0 amide bonds. The van der Waals surface area contributed by atoms with E-state index in [9.17, 15) is 0 Å². The zero-order valence-corrected chi connectivity index (χ0v) is 19.0. The molecule has 2 N–H and O–H groups in total. The lowest BCUT2D eigenvalue weighted by Crippen LogP contribution is -2.46. The van der Waals surface area contributed by atoms with E-state index in [2.05, 4.69) is 63.8 Å². The average molecular weight is 427 g/mol. The van der Waals surface area contributed by atoms with Crippen molar-refractivity contribution >= 4 is 5.96 Å². The van der Waals surface area contributed by atoms with Crippen molar-refractivity contribution in [1.82, 2.24) is 15.5 Å². The fraction of sp³-hybridized carbons (Fsp3) is 0.458. The number of benzene rings is 2. The van der Waals surface area contributed by atoms with Crippen LogP contribution >= 0.6 is 0 Å². The van der Waals surface area contributed by atoms with Crippen LogP contribution in [0.1, 0.15) is 22.7 Å². The highest BCUT2D eigenvalue weighted by Crippen LogP contribution is 2.32. The van der Waals surface area contributed by atoms with Crippen LogP contribution < -0.4 is 20.1 Å². The molecule has 1 heterocycles. The molecule has 2 aromatic carbocycles. The Kier molecular flexibility index (Phi) is 8.55. The highest BCUT2D eigenvalue weighted by Gasteiger charge is 2.24. The van der Waals surface area contributed by atoms with Crippen LogP contribution in [0.4, 0.5) is 0 Å². The van der Waals surface area contributed by atoms with Crippen LogP contribution in [0.15, 0.2) is 47.5 Å². The van der Waals surface area contributed by atoms with Crippen LogP contribution in [0, 0.1) is 6.92 Å². The molecule has 1 aliphatic heterocycles. The van der Waals surface area contributed by atoms with Gasteiger partial charge < -0.3 is 24.8 Å². The monoisotopic (exact) mass is 426 g/mol. The van der Waals surface area contributed by atoms with Gasteiger partial charge in [0.2, 0.25) is 0 Å². The number of hydrogen-bond acceptors (Lipinski definition) is 5. The van der Waals surface area contributed by atoms with Crippen LogP contribution in [0.25, 0.3) is 0 Å². The first kappa shape index (κ1) is 22.9. The summed E-state index contributed by atoms with van der Waals surface area (Å²) in [6, 6.07) is 14.8. The minimum Gasteiger partial charge on any atom is -0.493 e. The van der Waals surface area contributed by atoms with Gasteiger partial charge in [0.15, 0.2) is 17.5 Å². The van der Waals surface area contributed by atoms with Gasteiger partial charge in [0.1, 0.15) is 0 Å². The zero-order chi connectivity index (χ0) is 22.1. The molecular formula is C24H34N4O3. The Bertz CT molecular complexity index is 848. The second-order valence-corrected chi connectivity index (χ2v) is 7.57. The number of ether oxygens (including phenoxy) is 3. The van der Waals surface area contributed by atoms with E-state index in [1.165, 1.54) is 16.7 Å².